The zero-order valence-electron chi connectivity index (χ0n) is 9.84. The zero-order chi connectivity index (χ0) is 10.4. The molecule has 1 saturated carbocycles. The minimum Gasteiger partial charge on any atom is -0.326 e. The van der Waals surface area contributed by atoms with Crippen LogP contribution in [0.25, 0.3) is 0 Å². The van der Waals surface area contributed by atoms with Gasteiger partial charge in [-0.05, 0) is 25.9 Å². The summed E-state index contributed by atoms with van der Waals surface area (Å²) < 4.78 is 0. The average molecular weight is 198 g/mol. The van der Waals surface area contributed by atoms with Gasteiger partial charge in [0.1, 0.15) is 0 Å². The lowest BCUT2D eigenvalue weighted by molar-refractivity contribution is 0.163. The third-order valence-corrected chi connectivity index (χ3v) is 3.56. The van der Waals surface area contributed by atoms with Crippen LogP contribution in [-0.4, -0.2) is 30.1 Å². The van der Waals surface area contributed by atoms with E-state index in [9.17, 15) is 0 Å². The van der Waals surface area contributed by atoms with Crippen molar-refractivity contribution in [2.45, 2.75) is 64.5 Å². The molecule has 2 heteroatoms. The summed E-state index contributed by atoms with van der Waals surface area (Å²) >= 11 is 0. The Labute approximate surface area is 88.8 Å². The molecule has 2 atom stereocenters. The lowest BCUT2D eigenvalue weighted by Gasteiger charge is -2.35. The van der Waals surface area contributed by atoms with E-state index in [2.05, 4.69) is 18.7 Å². The monoisotopic (exact) mass is 198 g/mol. The molecule has 0 aromatic heterocycles. The molecule has 0 heterocycles. The fraction of sp³-hybridized carbons (Fsp3) is 1.00. The third kappa shape index (κ3) is 3.25. The van der Waals surface area contributed by atoms with Crippen molar-refractivity contribution in [2.24, 2.45) is 5.73 Å². The first-order valence-corrected chi connectivity index (χ1v) is 6.29. The van der Waals surface area contributed by atoms with Crippen LogP contribution in [0, 0.1) is 0 Å². The number of hydrogen-bond acceptors (Lipinski definition) is 2. The predicted octanol–water partition coefficient (Wildman–Crippen LogP) is 2.38. The molecule has 0 amide bonds. The molecule has 0 radical (unpaired) electrons. The summed E-state index contributed by atoms with van der Waals surface area (Å²) in [7, 11) is 0. The number of rotatable bonds is 3. The normalized spacial score (nSPS) is 30.0. The van der Waals surface area contributed by atoms with Crippen LogP contribution in [0.2, 0.25) is 0 Å². The van der Waals surface area contributed by atoms with E-state index in [-0.39, 0.29) is 0 Å². The lowest BCUT2D eigenvalue weighted by atomic mass is 9.92. The molecule has 14 heavy (non-hydrogen) atoms. The smallest absolute Gasteiger partial charge is 0.0246 e. The molecule has 0 aromatic rings. The highest BCUT2D eigenvalue weighted by atomic mass is 15.2. The molecule has 2 unspecified atom stereocenters. The van der Waals surface area contributed by atoms with Crippen molar-refractivity contribution < 1.29 is 0 Å². The topological polar surface area (TPSA) is 29.3 Å². The summed E-state index contributed by atoms with van der Waals surface area (Å²) in [6, 6.07) is 1.06. The second kappa shape index (κ2) is 6.41. The SMILES string of the molecule is CCN(CC)C1CCCCCCC1N. The molecule has 1 fully saturated rings. The summed E-state index contributed by atoms with van der Waals surface area (Å²) in [5, 5.41) is 0. The first-order valence-electron chi connectivity index (χ1n) is 6.29. The number of nitrogens with zero attached hydrogens (tertiary/aromatic N) is 1. The van der Waals surface area contributed by atoms with E-state index in [0.717, 1.165) is 13.1 Å². The zero-order valence-corrected chi connectivity index (χ0v) is 9.84. The van der Waals surface area contributed by atoms with Crippen LogP contribution in [0.15, 0.2) is 0 Å². The molecular weight excluding hydrogens is 172 g/mol. The lowest BCUT2D eigenvalue weighted by Crippen LogP contribution is -2.48. The summed E-state index contributed by atoms with van der Waals surface area (Å²) in [6.45, 7) is 6.79. The Kier molecular flexibility index (Phi) is 5.49. The second-order valence-electron chi connectivity index (χ2n) is 4.44. The van der Waals surface area contributed by atoms with E-state index in [0.29, 0.717) is 12.1 Å². The van der Waals surface area contributed by atoms with Gasteiger partial charge in [0.15, 0.2) is 0 Å². The van der Waals surface area contributed by atoms with E-state index < -0.39 is 0 Å². The molecule has 0 saturated heterocycles. The summed E-state index contributed by atoms with van der Waals surface area (Å²) in [5.74, 6) is 0. The predicted molar refractivity (Wildman–Crippen MR) is 62.4 cm³/mol. The molecule has 1 aliphatic rings. The fourth-order valence-electron chi connectivity index (χ4n) is 2.64. The van der Waals surface area contributed by atoms with Crippen molar-refractivity contribution in [3.63, 3.8) is 0 Å². The van der Waals surface area contributed by atoms with E-state index in [1.54, 1.807) is 0 Å². The largest absolute Gasteiger partial charge is 0.326 e. The summed E-state index contributed by atoms with van der Waals surface area (Å²) in [6.07, 6.45) is 8.03. The third-order valence-electron chi connectivity index (χ3n) is 3.56. The highest BCUT2D eigenvalue weighted by Gasteiger charge is 2.23. The van der Waals surface area contributed by atoms with Crippen molar-refractivity contribution in [3.05, 3.63) is 0 Å². The molecule has 0 spiro atoms. The molecule has 0 aliphatic heterocycles. The van der Waals surface area contributed by atoms with Gasteiger partial charge in [-0.25, -0.2) is 0 Å². The van der Waals surface area contributed by atoms with Crippen LogP contribution in [0.4, 0.5) is 0 Å². The molecule has 1 aliphatic carbocycles. The summed E-state index contributed by atoms with van der Waals surface area (Å²) in [4.78, 5) is 2.54. The first kappa shape index (κ1) is 12.0. The van der Waals surface area contributed by atoms with Gasteiger partial charge in [-0.15, -0.1) is 0 Å². The molecule has 2 nitrogen and oxygen atoms in total. The minimum atomic E-state index is 0.412. The van der Waals surface area contributed by atoms with Crippen LogP contribution in [0.1, 0.15) is 52.4 Å². The highest BCUT2D eigenvalue weighted by molar-refractivity contribution is 4.82. The number of nitrogens with two attached hydrogens (primary N) is 1. The van der Waals surface area contributed by atoms with Crippen LogP contribution in [-0.2, 0) is 0 Å². The Morgan fingerprint density at radius 2 is 1.57 bits per heavy atom. The van der Waals surface area contributed by atoms with E-state index in [1.165, 1.54) is 38.5 Å². The van der Waals surface area contributed by atoms with Gasteiger partial charge in [0.2, 0.25) is 0 Å². The highest BCUT2D eigenvalue weighted by Crippen LogP contribution is 2.20. The Hall–Kier alpha value is -0.0800. The maximum absolute atomic E-state index is 6.26. The van der Waals surface area contributed by atoms with Crippen molar-refractivity contribution >= 4 is 0 Å². The van der Waals surface area contributed by atoms with Crippen LogP contribution >= 0.6 is 0 Å². The Balaban J connectivity index is 2.51. The van der Waals surface area contributed by atoms with E-state index in [1.807, 2.05) is 0 Å². The van der Waals surface area contributed by atoms with Gasteiger partial charge in [0.05, 0.1) is 0 Å². The average Bonchev–Trinajstić information content (AvgIpc) is 2.18. The van der Waals surface area contributed by atoms with Crippen molar-refractivity contribution in [1.29, 1.82) is 0 Å². The molecule has 84 valence electrons. The van der Waals surface area contributed by atoms with Crippen LogP contribution in [0.5, 0.6) is 0 Å². The van der Waals surface area contributed by atoms with Crippen molar-refractivity contribution in [3.8, 4) is 0 Å². The van der Waals surface area contributed by atoms with Gasteiger partial charge in [-0.3, -0.25) is 4.90 Å². The standard InChI is InChI=1S/C12H26N2/c1-3-14(4-2)12-10-8-6-5-7-9-11(12)13/h11-12H,3-10,13H2,1-2H3. The van der Waals surface area contributed by atoms with Gasteiger partial charge >= 0.3 is 0 Å². The van der Waals surface area contributed by atoms with Gasteiger partial charge in [-0.2, -0.15) is 0 Å². The molecule has 1 rings (SSSR count). The van der Waals surface area contributed by atoms with Gasteiger partial charge in [0.25, 0.3) is 0 Å². The Morgan fingerprint density at radius 1 is 1.00 bits per heavy atom. The van der Waals surface area contributed by atoms with Gasteiger partial charge in [0, 0.05) is 12.1 Å². The minimum absolute atomic E-state index is 0.412. The summed E-state index contributed by atoms with van der Waals surface area (Å²) in [5.41, 5.74) is 6.26. The van der Waals surface area contributed by atoms with Crippen molar-refractivity contribution in [1.82, 2.24) is 4.90 Å². The van der Waals surface area contributed by atoms with Crippen molar-refractivity contribution in [2.75, 3.05) is 13.1 Å². The second-order valence-corrected chi connectivity index (χ2v) is 4.44. The maximum atomic E-state index is 6.26. The first-order chi connectivity index (χ1) is 6.79. The van der Waals surface area contributed by atoms with Crippen LogP contribution < -0.4 is 5.73 Å². The molecule has 2 N–H and O–H groups in total. The number of hydrogen-bond donors (Lipinski definition) is 1. The molecule has 0 bridgehead atoms. The molecular formula is C12H26N2. The van der Waals surface area contributed by atoms with Crippen LogP contribution in [0.3, 0.4) is 0 Å². The number of likely N-dealkylation sites (N-methyl/N-ethyl adjacent to an activating group) is 1. The van der Waals surface area contributed by atoms with Gasteiger partial charge in [-0.1, -0.05) is 39.5 Å². The Bertz CT molecular complexity index is 143. The Morgan fingerprint density at radius 3 is 2.14 bits per heavy atom. The molecule has 0 aromatic carbocycles. The van der Waals surface area contributed by atoms with E-state index >= 15 is 0 Å². The van der Waals surface area contributed by atoms with E-state index in [4.69, 9.17) is 5.73 Å². The maximum Gasteiger partial charge on any atom is 0.0246 e. The quantitative estimate of drug-likeness (QED) is 0.754. The fourth-order valence-corrected chi connectivity index (χ4v) is 2.64. The van der Waals surface area contributed by atoms with Gasteiger partial charge < -0.3 is 5.73 Å².